The van der Waals surface area contributed by atoms with Crippen LogP contribution >= 0.6 is 11.3 Å². The Bertz CT molecular complexity index is 2140. The molecule has 1 N–H and O–H groups in total. The summed E-state index contributed by atoms with van der Waals surface area (Å²) in [6.45, 7) is 17.8. The zero-order valence-electron chi connectivity index (χ0n) is 31.8. The summed E-state index contributed by atoms with van der Waals surface area (Å²) in [5.41, 5.74) is 5.29. The van der Waals surface area contributed by atoms with Gasteiger partial charge in [-0.1, -0.05) is 42.0 Å². The third-order valence-corrected chi connectivity index (χ3v) is 12.8. The van der Waals surface area contributed by atoms with Crippen LogP contribution in [-0.2, 0) is 11.3 Å². The Balaban J connectivity index is 0.856. The molecule has 55 heavy (non-hydrogen) atoms. The predicted molar refractivity (Wildman–Crippen MR) is 218 cm³/mol. The number of nitrogens with one attached hydrogen (secondary N) is 1. The maximum Gasteiger partial charge on any atom is 0.282 e. The molecule has 2 unspecified atom stereocenters. The molecule has 5 aromatic rings. The Labute approximate surface area is 326 Å². The van der Waals surface area contributed by atoms with E-state index < -0.39 is 6.43 Å². The summed E-state index contributed by atoms with van der Waals surface area (Å²) in [4.78, 5) is 9.98. The number of benzene rings is 1. The molecule has 2 aliphatic heterocycles. The fourth-order valence-electron chi connectivity index (χ4n) is 8.60. The standard InChI is InChI=1S/C43H52F2N8OS/c1-4-31(13-10-29(2)3)38-28-55-41-32(7-5-9-35(38)41)25-51-20-18-50(19-21-51)24-30-11-14-34(15-12-30)53-26-37(40(49-53)42(44)45)36-23-46-52-17-16-39(48-43(36)52)47-33-8-6-22-54-27-33/h4-9,16-17,23,26,28,30-31,33-34,42H,1-2,10-15,18-22,24-25,27H2,3H3,(H,47,48). The second kappa shape index (κ2) is 16.9. The number of aromatic nitrogens is 5. The second-order valence-electron chi connectivity index (χ2n) is 15.6. The van der Waals surface area contributed by atoms with E-state index >= 15 is 0 Å². The molecule has 4 aromatic heterocycles. The van der Waals surface area contributed by atoms with E-state index in [9.17, 15) is 8.78 Å². The Morgan fingerprint density at radius 2 is 1.91 bits per heavy atom. The normalized spacial score (nSPS) is 21.8. The summed E-state index contributed by atoms with van der Waals surface area (Å²) in [5, 5.41) is 16.0. The van der Waals surface area contributed by atoms with Gasteiger partial charge in [-0.05, 0) is 79.3 Å². The van der Waals surface area contributed by atoms with Crippen LogP contribution in [0.5, 0.6) is 0 Å². The molecule has 3 aliphatic rings. The number of fused-ring (bicyclic) bond motifs is 2. The zero-order valence-corrected chi connectivity index (χ0v) is 32.6. The second-order valence-corrected chi connectivity index (χ2v) is 16.5. The van der Waals surface area contributed by atoms with Crippen LogP contribution in [-0.4, -0.2) is 86.2 Å². The van der Waals surface area contributed by atoms with Crippen molar-refractivity contribution in [2.75, 3.05) is 51.3 Å². The van der Waals surface area contributed by atoms with Gasteiger partial charge in [-0.2, -0.15) is 10.2 Å². The first kappa shape index (κ1) is 37.7. The molecule has 2 fully saturated rings. The highest BCUT2D eigenvalue weighted by Gasteiger charge is 2.30. The van der Waals surface area contributed by atoms with Crippen molar-refractivity contribution in [3.63, 3.8) is 0 Å². The smallest absolute Gasteiger partial charge is 0.282 e. The minimum atomic E-state index is -2.70. The van der Waals surface area contributed by atoms with Crippen molar-refractivity contribution >= 4 is 32.9 Å². The Kier molecular flexibility index (Phi) is 11.6. The summed E-state index contributed by atoms with van der Waals surface area (Å²) in [7, 11) is 0. The third-order valence-electron chi connectivity index (χ3n) is 11.7. The van der Waals surface area contributed by atoms with Crippen molar-refractivity contribution < 1.29 is 13.5 Å². The van der Waals surface area contributed by atoms with Gasteiger partial charge < -0.3 is 15.0 Å². The van der Waals surface area contributed by atoms with Gasteiger partial charge >= 0.3 is 0 Å². The summed E-state index contributed by atoms with van der Waals surface area (Å²) in [5.74, 6) is 1.59. The number of hydrogen-bond donors (Lipinski definition) is 1. The van der Waals surface area contributed by atoms with Crippen molar-refractivity contribution in [2.24, 2.45) is 5.92 Å². The number of halogens is 2. The Morgan fingerprint density at radius 1 is 1.09 bits per heavy atom. The van der Waals surface area contributed by atoms with Crippen molar-refractivity contribution in [3.05, 3.63) is 102 Å². The summed E-state index contributed by atoms with van der Waals surface area (Å²) < 4.78 is 39.2. The third kappa shape index (κ3) is 8.47. The van der Waals surface area contributed by atoms with E-state index in [0.29, 0.717) is 47.6 Å². The fourth-order valence-corrected chi connectivity index (χ4v) is 9.74. The van der Waals surface area contributed by atoms with Crippen molar-refractivity contribution in [1.82, 2.24) is 34.2 Å². The van der Waals surface area contributed by atoms with E-state index in [-0.39, 0.29) is 17.8 Å². The summed E-state index contributed by atoms with van der Waals surface area (Å²) in [6.07, 6.45) is 14.7. The Morgan fingerprint density at radius 3 is 2.65 bits per heavy atom. The molecule has 0 radical (unpaired) electrons. The largest absolute Gasteiger partial charge is 0.375 e. The lowest BCUT2D eigenvalue weighted by molar-refractivity contribution is 0.100. The van der Waals surface area contributed by atoms with Crippen molar-refractivity contribution in [2.45, 2.75) is 76.4 Å². The van der Waals surface area contributed by atoms with Gasteiger partial charge in [0.15, 0.2) is 5.65 Å². The molecule has 1 aliphatic carbocycles. The molecule has 8 rings (SSSR count). The number of hydrogen-bond acceptors (Lipinski definition) is 8. The van der Waals surface area contributed by atoms with Crippen molar-refractivity contribution in [1.29, 1.82) is 0 Å². The molecule has 6 heterocycles. The van der Waals surface area contributed by atoms with E-state index in [2.05, 4.69) is 81.1 Å². The number of thiophene rings is 1. The number of nitrogens with zero attached hydrogens (tertiary/aromatic N) is 7. The van der Waals surface area contributed by atoms with Crippen molar-refractivity contribution in [3.8, 4) is 11.1 Å². The van der Waals surface area contributed by atoms with Gasteiger partial charge in [-0.3, -0.25) is 9.58 Å². The number of anilines is 1. The van der Waals surface area contributed by atoms with E-state index in [1.54, 1.807) is 27.8 Å². The monoisotopic (exact) mass is 766 g/mol. The Hall–Kier alpha value is -4.23. The SMILES string of the molecule is C=CC(CCC(=C)C)c1csc2c(CN3CCN(CC4CCC(n5cc(-c6cnn7ccc(NC8C=CCOC8)nc67)c(C(F)F)n5)CC4)CC3)cccc12. The molecule has 0 amide bonds. The highest BCUT2D eigenvalue weighted by atomic mass is 32.1. The van der Waals surface area contributed by atoms with Gasteiger partial charge in [0.05, 0.1) is 37.1 Å². The lowest BCUT2D eigenvalue weighted by Crippen LogP contribution is -2.47. The minimum Gasteiger partial charge on any atom is -0.375 e. The highest BCUT2D eigenvalue weighted by molar-refractivity contribution is 7.17. The van der Waals surface area contributed by atoms with Crippen LogP contribution < -0.4 is 5.32 Å². The number of alkyl halides is 2. The maximum absolute atomic E-state index is 14.4. The number of rotatable bonds is 14. The van der Waals surface area contributed by atoms with Crippen LogP contribution in [0, 0.1) is 5.92 Å². The predicted octanol–water partition coefficient (Wildman–Crippen LogP) is 9.29. The zero-order chi connectivity index (χ0) is 37.9. The van der Waals surface area contributed by atoms with Crippen LogP contribution in [0.15, 0.2) is 85.2 Å². The van der Waals surface area contributed by atoms with Gasteiger partial charge in [0.2, 0.25) is 0 Å². The number of ether oxygens (including phenoxy) is 1. The molecule has 2 atom stereocenters. The van der Waals surface area contributed by atoms with Crippen LogP contribution in [0.1, 0.15) is 80.7 Å². The van der Waals surface area contributed by atoms with E-state index in [4.69, 9.17) is 9.72 Å². The van der Waals surface area contributed by atoms with Crippen LogP contribution in [0.3, 0.4) is 0 Å². The van der Waals surface area contributed by atoms with Gasteiger partial charge in [0.1, 0.15) is 11.5 Å². The molecule has 1 aromatic carbocycles. The molecular formula is C43H52F2N8OS. The lowest BCUT2D eigenvalue weighted by atomic mass is 9.85. The summed E-state index contributed by atoms with van der Waals surface area (Å²) in [6, 6.07) is 8.71. The first-order valence-corrected chi connectivity index (χ1v) is 20.6. The minimum absolute atomic E-state index is 0.00542. The molecule has 12 heteroatoms. The molecule has 290 valence electrons. The molecular weight excluding hydrogens is 715 g/mol. The molecule has 9 nitrogen and oxygen atoms in total. The van der Waals surface area contributed by atoms with Gasteiger partial charge in [0, 0.05) is 67.8 Å². The van der Waals surface area contributed by atoms with Crippen LogP contribution in [0.25, 0.3) is 26.9 Å². The maximum atomic E-state index is 14.4. The lowest BCUT2D eigenvalue weighted by Gasteiger charge is -2.38. The van der Waals surface area contributed by atoms with E-state index in [1.165, 1.54) is 26.8 Å². The van der Waals surface area contributed by atoms with E-state index in [0.717, 1.165) is 77.8 Å². The average molecular weight is 767 g/mol. The topological polar surface area (TPSA) is 75.8 Å². The fraction of sp³-hybridized carbons (Fsp3) is 0.465. The molecule has 0 bridgehead atoms. The van der Waals surface area contributed by atoms with Gasteiger partial charge in [0.25, 0.3) is 6.43 Å². The highest BCUT2D eigenvalue weighted by Crippen LogP contribution is 2.39. The van der Waals surface area contributed by atoms with Crippen LogP contribution in [0.2, 0.25) is 0 Å². The number of allylic oxidation sites excluding steroid dienone is 2. The summed E-state index contributed by atoms with van der Waals surface area (Å²) >= 11 is 1.87. The first-order valence-electron chi connectivity index (χ1n) is 19.8. The molecule has 1 saturated heterocycles. The van der Waals surface area contributed by atoms with Gasteiger partial charge in [-0.25, -0.2) is 18.3 Å². The molecule has 1 saturated carbocycles. The quantitative estimate of drug-likeness (QED) is 0.113. The first-order chi connectivity index (χ1) is 26.8. The van der Waals surface area contributed by atoms with Gasteiger partial charge in [-0.15, -0.1) is 24.5 Å². The molecule has 0 spiro atoms. The van der Waals surface area contributed by atoms with E-state index in [1.807, 2.05) is 23.5 Å². The average Bonchev–Trinajstić information content (AvgIpc) is 3.94. The number of piperazine rings is 1. The van der Waals surface area contributed by atoms with Crippen LogP contribution in [0.4, 0.5) is 14.6 Å².